The van der Waals surface area contributed by atoms with Crippen LogP contribution in [0.1, 0.15) is 28.7 Å². The molecule has 1 heterocycles. The molecule has 1 aliphatic rings. The lowest BCUT2D eigenvalue weighted by atomic mass is 10.0. The van der Waals surface area contributed by atoms with Gasteiger partial charge in [-0.1, -0.05) is 6.07 Å². The molecule has 0 aliphatic heterocycles. The van der Waals surface area contributed by atoms with Gasteiger partial charge in [-0.15, -0.1) is 0 Å². The molecule has 0 bridgehead atoms. The lowest BCUT2D eigenvalue weighted by molar-refractivity contribution is -0.385. The van der Waals surface area contributed by atoms with Crippen LogP contribution in [0.3, 0.4) is 0 Å². The van der Waals surface area contributed by atoms with E-state index in [1.165, 1.54) is 17.2 Å². The first kappa shape index (κ1) is 16.3. The summed E-state index contributed by atoms with van der Waals surface area (Å²) in [6.45, 7) is 1.67. The fraction of sp³-hybridized carbons (Fsp3) is 0.250. The highest BCUT2D eigenvalue weighted by atomic mass is 16.6. The molecule has 1 N–H and O–H groups in total. The van der Waals surface area contributed by atoms with Crippen molar-refractivity contribution in [3.8, 4) is 0 Å². The van der Waals surface area contributed by atoms with Crippen LogP contribution in [0.2, 0.25) is 0 Å². The lowest BCUT2D eigenvalue weighted by Crippen LogP contribution is -2.14. The number of carbonyl (C=O) groups excluding carboxylic acids is 1. The maximum atomic E-state index is 12.4. The molecule has 2 aromatic carbocycles. The summed E-state index contributed by atoms with van der Waals surface area (Å²) in [5, 5.41) is 14.7. The van der Waals surface area contributed by atoms with Crippen molar-refractivity contribution in [3.05, 3.63) is 69.0 Å². The van der Waals surface area contributed by atoms with Crippen LogP contribution < -0.4 is 5.32 Å². The largest absolute Gasteiger partial charge is 0.464 e. The number of carbonyl (C=O) groups is 1. The third-order valence-electron chi connectivity index (χ3n) is 4.91. The molecule has 0 fully saturated rings. The first-order valence-electron chi connectivity index (χ1n) is 8.58. The molecule has 0 radical (unpaired) electrons. The first-order chi connectivity index (χ1) is 12.5. The third-order valence-corrected chi connectivity index (χ3v) is 4.91. The van der Waals surface area contributed by atoms with Crippen LogP contribution in [-0.2, 0) is 24.1 Å². The highest BCUT2D eigenvalue weighted by Gasteiger charge is 2.17. The topological polar surface area (TPSA) is 85.4 Å². The summed E-state index contributed by atoms with van der Waals surface area (Å²) in [5.41, 5.74) is 5.26. The van der Waals surface area contributed by atoms with Gasteiger partial charge in [0.25, 0.3) is 5.69 Å². The Labute approximate surface area is 150 Å². The smallest absolute Gasteiger partial charge is 0.274 e. The second kappa shape index (κ2) is 6.29. The van der Waals surface area contributed by atoms with Crippen molar-refractivity contribution < 1.29 is 14.1 Å². The van der Waals surface area contributed by atoms with E-state index < -0.39 is 4.92 Å². The number of nitro groups is 1. The lowest BCUT2D eigenvalue weighted by Gasteiger charge is -2.06. The number of amides is 1. The van der Waals surface area contributed by atoms with Crippen LogP contribution in [0, 0.1) is 17.0 Å². The average Bonchev–Trinajstić information content (AvgIpc) is 3.21. The van der Waals surface area contributed by atoms with Crippen molar-refractivity contribution in [3.63, 3.8) is 0 Å². The number of nitrogens with zero attached hydrogens (tertiary/aromatic N) is 1. The molecule has 1 aromatic heterocycles. The van der Waals surface area contributed by atoms with Gasteiger partial charge in [-0.3, -0.25) is 14.9 Å². The Kier molecular flexibility index (Phi) is 3.95. The van der Waals surface area contributed by atoms with Gasteiger partial charge in [0.15, 0.2) is 0 Å². The summed E-state index contributed by atoms with van der Waals surface area (Å²) in [4.78, 5) is 23.0. The Morgan fingerprint density at radius 1 is 1.23 bits per heavy atom. The highest BCUT2D eigenvalue weighted by molar-refractivity contribution is 5.95. The second-order valence-corrected chi connectivity index (χ2v) is 6.71. The van der Waals surface area contributed by atoms with E-state index in [1.807, 2.05) is 0 Å². The standard InChI is InChI=1S/C20H18N2O4/c1-12-5-6-16(10-18(12)22(24)25)21-20(23)9-15-11-26-19-8-14-4-2-3-13(14)7-17(15)19/h5-8,10-11H,2-4,9H2,1H3,(H,21,23). The Morgan fingerprint density at radius 2 is 2.00 bits per heavy atom. The summed E-state index contributed by atoms with van der Waals surface area (Å²) in [6, 6.07) is 8.88. The van der Waals surface area contributed by atoms with E-state index in [1.54, 1.807) is 25.3 Å². The molecule has 0 saturated heterocycles. The minimum Gasteiger partial charge on any atom is -0.464 e. The zero-order valence-electron chi connectivity index (χ0n) is 14.4. The van der Waals surface area contributed by atoms with Crippen LogP contribution in [0.4, 0.5) is 11.4 Å². The van der Waals surface area contributed by atoms with E-state index in [0.29, 0.717) is 11.3 Å². The molecule has 0 atom stereocenters. The van der Waals surface area contributed by atoms with Crippen molar-refractivity contribution in [1.29, 1.82) is 0 Å². The van der Waals surface area contributed by atoms with Gasteiger partial charge in [0.2, 0.25) is 5.91 Å². The zero-order chi connectivity index (χ0) is 18.3. The minimum atomic E-state index is -0.449. The van der Waals surface area contributed by atoms with Gasteiger partial charge < -0.3 is 9.73 Å². The molecule has 1 aliphatic carbocycles. The molecule has 0 spiro atoms. The van der Waals surface area contributed by atoms with E-state index >= 15 is 0 Å². The third kappa shape index (κ3) is 2.94. The minimum absolute atomic E-state index is 0.00729. The van der Waals surface area contributed by atoms with Gasteiger partial charge in [0.05, 0.1) is 17.6 Å². The second-order valence-electron chi connectivity index (χ2n) is 6.71. The highest BCUT2D eigenvalue weighted by Crippen LogP contribution is 2.30. The van der Waals surface area contributed by atoms with Crippen LogP contribution in [0.5, 0.6) is 0 Å². The Morgan fingerprint density at radius 3 is 2.77 bits per heavy atom. The summed E-state index contributed by atoms with van der Waals surface area (Å²) >= 11 is 0. The van der Waals surface area contributed by atoms with Gasteiger partial charge in [0.1, 0.15) is 5.58 Å². The van der Waals surface area contributed by atoms with E-state index in [4.69, 9.17) is 4.42 Å². The molecule has 4 rings (SSSR count). The van der Waals surface area contributed by atoms with Gasteiger partial charge in [-0.2, -0.15) is 0 Å². The van der Waals surface area contributed by atoms with Crippen LogP contribution >= 0.6 is 0 Å². The van der Waals surface area contributed by atoms with Crippen molar-refractivity contribution >= 4 is 28.3 Å². The van der Waals surface area contributed by atoms with Crippen LogP contribution in [0.25, 0.3) is 11.0 Å². The molecule has 0 saturated carbocycles. The first-order valence-corrected chi connectivity index (χ1v) is 8.58. The molecular formula is C20H18N2O4. The fourth-order valence-electron chi connectivity index (χ4n) is 3.55. The van der Waals surface area contributed by atoms with E-state index in [9.17, 15) is 14.9 Å². The fourth-order valence-corrected chi connectivity index (χ4v) is 3.55. The quantitative estimate of drug-likeness (QED) is 0.561. The van der Waals surface area contributed by atoms with Gasteiger partial charge >= 0.3 is 0 Å². The van der Waals surface area contributed by atoms with Crippen molar-refractivity contribution in [2.75, 3.05) is 5.32 Å². The average molecular weight is 350 g/mol. The summed E-state index contributed by atoms with van der Waals surface area (Å²) in [5.74, 6) is -0.230. The molecule has 6 heteroatoms. The monoisotopic (exact) mass is 350 g/mol. The zero-order valence-corrected chi connectivity index (χ0v) is 14.4. The molecule has 1 amide bonds. The summed E-state index contributed by atoms with van der Waals surface area (Å²) in [6.07, 6.45) is 5.08. The number of furan rings is 1. The number of aryl methyl sites for hydroxylation is 3. The Hall–Kier alpha value is -3.15. The van der Waals surface area contributed by atoms with E-state index in [-0.39, 0.29) is 18.0 Å². The molecule has 6 nitrogen and oxygen atoms in total. The van der Waals surface area contributed by atoms with Crippen molar-refractivity contribution in [2.45, 2.75) is 32.6 Å². The maximum Gasteiger partial charge on any atom is 0.274 e. The Bertz CT molecular complexity index is 1040. The molecule has 0 unspecified atom stereocenters. The number of hydrogen-bond donors (Lipinski definition) is 1. The number of nitro benzene ring substituents is 1. The number of anilines is 1. The molecule has 26 heavy (non-hydrogen) atoms. The molecule has 3 aromatic rings. The van der Waals surface area contributed by atoms with E-state index in [0.717, 1.165) is 35.8 Å². The SMILES string of the molecule is Cc1ccc(NC(=O)Cc2coc3cc4c(cc23)CCC4)cc1[N+](=O)[O-]. The van der Waals surface area contributed by atoms with Gasteiger partial charge in [0, 0.05) is 28.3 Å². The maximum absolute atomic E-state index is 12.4. The number of benzene rings is 2. The number of fused-ring (bicyclic) bond motifs is 2. The van der Waals surface area contributed by atoms with Gasteiger partial charge in [-0.05, 0) is 55.5 Å². The predicted molar refractivity (Wildman–Crippen MR) is 98.4 cm³/mol. The van der Waals surface area contributed by atoms with Crippen LogP contribution in [0.15, 0.2) is 41.0 Å². The molecule has 132 valence electrons. The van der Waals surface area contributed by atoms with Crippen LogP contribution in [-0.4, -0.2) is 10.8 Å². The van der Waals surface area contributed by atoms with E-state index in [2.05, 4.69) is 17.4 Å². The van der Waals surface area contributed by atoms with Crippen molar-refractivity contribution in [2.24, 2.45) is 0 Å². The van der Waals surface area contributed by atoms with Gasteiger partial charge in [-0.25, -0.2) is 0 Å². The number of hydrogen-bond acceptors (Lipinski definition) is 4. The summed E-state index contributed by atoms with van der Waals surface area (Å²) < 4.78 is 5.62. The Balaban J connectivity index is 1.55. The normalized spacial score (nSPS) is 13.0. The number of rotatable bonds is 4. The molecular weight excluding hydrogens is 332 g/mol. The number of nitrogens with one attached hydrogen (secondary N) is 1. The predicted octanol–water partition coefficient (Wildman–Crippen LogP) is 4.32. The summed E-state index contributed by atoms with van der Waals surface area (Å²) in [7, 11) is 0. The van der Waals surface area contributed by atoms with Crippen molar-refractivity contribution in [1.82, 2.24) is 0 Å².